The number of unbranched alkanes of at least 4 members (excludes halogenated alkanes) is 2. The molecule has 35 heavy (non-hydrogen) atoms. The van der Waals surface area contributed by atoms with Crippen molar-refractivity contribution in [1.29, 1.82) is 0 Å². The van der Waals surface area contributed by atoms with Crippen LogP contribution in [0.25, 0.3) is 10.2 Å². The van der Waals surface area contributed by atoms with Gasteiger partial charge in [0.1, 0.15) is 5.75 Å². The highest BCUT2D eigenvalue weighted by Crippen LogP contribution is 2.34. The standard InChI is InChI=1S/C27H34ClN3O3S/c1-3-4-5-17-34-22-9-7-21(8-10-22)26(32)31(14-6-13-30-15-18-33-19-16-30)27-29-25-20(2)23(28)11-12-24(25)35-27/h7-12H,3-6,13-19H2,1-2H3. The first-order valence-corrected chi connectivity index (χ1v) is 13.7. The fourth-order valence-electron chi connectivity index (χ4n) is 4.16. The van der Waals surface area contributed by atoms with Crippen LogP contribution in [0.5, 0.6) is 5.75 Å². The number of fused-ring (bicyclic) bond motifs is 1. The van der Waals surface area contributed by atoms with E-state index in [2.05, 4.69) is 11.8 Å². The monoisotopic (exact) mass is 515 g/mol. The molecule has 0 saturated carbocycles. The number of thiazole rings is 1. The van der Waals surface area contributed by atoms with Crippen molar-refractivity contribution in [3.8, 4) is 5.75 Å². The van der Waals surface area contributed by atoms with E-state index in [4.69, 9.17) is 26.1 Å². The van der Waals surface area contributed by atoms with Crippen molar-refractivity contribution in [1.82, 2.24) is 9.88 Å². The molecule has 1 aromatic heterocycles. The molecule has 1 aliphatic rings. The quantitative estimate of drug-likeness (QED) is 0.285. The number of carbonyl (C=O) groups excluding carboxylic acids is 1. The predicted octanol–water partition coefficient (Wildman–Crippen LogP) is 6.20. The molecule has 1 fully saturated rings. The van der Waals surface area contributed by atoms with Gasteiger partial charge in [0, 0.05) is 36.8 Å². The molecular weight excluding hydrogens is 482 g/mol. The third-order valence-corrected chi connectivity index (χ3v) is 7.74. The number of anilines is 1. The highest BCUT2D eigenvalue weighted by molar-refractivity contribution is 7.22. The van der Waals surface area contributed by atoms with Gasteiger partial charge in [-0.1, -0.05) is 42.7 Å². The number of benzene rings is 2. The number of carbonyl (C=O) groups is 1. The van der Waals surface area contributed by atoms with Crippen LogP contribution in [0.3, 0.4) is 0 Å². The average Bonchev–Trinajstić information content (AvgIpc) is 3.32. The summed E-state index contributed by atoms with van der Waals surface area (Å²) in [7, 11) is 0. The Labute approximate surface area is 216 Å². The first-order valence-electron chi connectivity index (χ1n) is 12.5. The summed E-state index contributed by atoms with van der Waals surface area (Å²) in [5, 5.41) is 1.39. The molecule has 1 saturated heterocycles. The molecule has 6 nitrogen and oxygen atoms in total. The molecule has 0 unspecified atom stereocenters. The fourth-order valence-corrected chi connectivity index (χ4v) is 5.36. The Bertz CT molecular complexity index is 1110. The molecule has 0 atom stereocenters. The summed E-state index contributed by atoms with van der Waals surface area (Å²) in [4.78, 5) is 22.7. The average molecular weight is 516 g/mol. The molecular formula is C27H34ClN3O3S. The third kappa shape index (κ3) is 6.73. The lowest BCUT2D eigenvalue weighted by atomic mass is 10.2. The molecule has 1 amide bonds. The van der Waals surface area contributed by atoms with Crippen molar-refractivity contribution in [3.05, 3.63) is 52.5 Å². The van der Waals surface area contributed by atoms with E-state index in [0.717, 1.165) is 80.1 Å². The maximum Gasteiger partial charge on any atom is 0.260 e. The molecule has 0 N–H and O–H groups in total. The second-order valence-corrected chi connectivity index (χ2v) is 10.3. The van der Waals surface area contributed by atoms with Gasteiger partial charge in [0.15, 0.2) is 5.13 Å². The number of halogens is 1. The van der Waals surface area contributed by atoms with E-state index in [9.17, 15) is 4.79 Å². The Kier molecular flexibility index (Phi) is 9.38. The van der Waals surface area contributed by atoms with Crippen molar-refractivity contribution < 1.29 is 14.3 Å². The molecule has 0 bridgehead atoms. The number of rotatable bonds is 11. The minimum absolute atomic E-state index is 0.0488. The fraction of sp³-hybridized carbons (Fsp3) is 0.481. The zero-order chi connectivity index (χ0) is 24.6. The smallest absolute Gasteiger partial charge is 0.260 e. The minimum atomic E-state index is -0.0488. The number of aryl methyl sites for hydroxylation is 1. The molecule has 3 aromatic rings. The number of hydrogen-bond donors (Lipinski definition) is 0. The molecule has 188 valence electrons. The van der Waals surface area contributed by atoms with Gasteiger partial charge in [-0.15, -0.1) is 0 Å². The lowest BCUT2D eigenvalue weighted by Crippen LogP contribution is -2.39. The molecule has 4 rings (SSSR count). The number of morpholine rings is 1. The van der Waals surface area contributed by atoms with E-state index in [0.29, 0.717) is 28.9 Å². The molecule has 0 aliphatic carbocycles. The Morgan fingerprint density at radius 1 is 1.14 bits per heavy atom. The van der Waals surface area contributed by atoms with Crippen LogP contribution >= 0.6 is 22.9 Å². The van der Waals surface area contributed by atoms with Gasteiger partial charge in [-0.3, -0.25) is 14.6 Å². The summed E-state index contributed by atoms with van der Waals surface area (Å²) < 4.78 is 12.3. The molecule has 0 radical (unpaired) electrons. The topological polar surface area (TPSA) is 54.9 Å². The van der Waals surface area contributed by atoms with Crippen LogP contribution in [0.4, 0.5) is 5.13 Å². The summed E-state index contributed by atoms with van der Waals surface area (Å²) in [6.45, 7) is 9.78. The Morgan fingerprint density at radius 3 is 2.66 bits per heavy atom. The third-order valence-electron chi connectivity index (χ3n) is 6.29. The van der Waals surface area contributed by atoms with Crippen molar-refractivity contribution >= 4 is 44.2 Å². The second-order valence-electron chi connectivity index (χ2n) is 8.86. The maximum absolute atomic E-state index is 13.7. The zero-order valence-corrected chi connectivity index (χ0v) is 22.2. The SMILES string of the molecule is CCCCCOc1ccc(C(=O)N(CCCN2CCOCC2)c2nc3c(C)c(Cl)ccc3s2)cc1. The van der Waals surface area contributed by atoms with E-state index in [1.165, 1.54) is 11.3 Å². The molecule has 2 aromatic carbocycles. The van der Waals surface area contributed by atoms with Gasteiger partial charge >= 0.3 is 0 Å². The molecule has 2 heterocycles. The van der Waals surface area contributed by atoms with Crippen LogP contribution in [-0.2, 0) is 4.74 Å². The number of ether oxygens (including phenoxy) is 2. The van der Waals surface area contributed by atoms with Crippen molar-refractivity contribution in [3.63, 3.8) is 0 Å². The van der Waals surface area contributed by atoms with Gasteiger partial charge in [-0.05, 0) is 61.7 Å². The maximum atomic E-state index is 13.7. The highest BCUT2D eigenvalue weighted by atomic mass is 35.5. The summed E-state index contributed by atoms with van der Waals surface area (Å²) in [6, 6.07) is 11.3. The lowest BCUT2D eigenvalue weighted by molar-refractivity contribution is 0.0376. The molecule has 8 heteroatoms. The van der Waals surface area contributed by atoms with Crippen LogP contribution in [0.15, 0.2) is 36.4 Å². The van der Waals surface area contributed by atoms with Gasteiger partial charge < -0.3 is 9.47 Å². The van der Waals surface area contributed by atoms with Gasteiger partial charge in [-0.2, -0.15) is 0 Å². The number of hydrogen-bond acceptors (Lipinski definition) is 6. The Morgan fingerprint density at radius 2 is 1.91 bits per heavy atom. The van der Waals surface area contributed by atoms with Gasteiger partial charge in [0.2, 0.25) is 0 Å². The normalized spacial score (nSPS) is 14.4. The number of amides is 1. The summed E-state index contributed by atoms with van der Waals surface area (Å²) in [5.74, 6) is 0.745. The van der Waals surface area contributed by atoms with Crippen LogP contribution in [0.2, 0.25) is 5.02 Å². The van der Waals surface area contributed by atoms with Crippen LogP contribution in [-0.4, -0.2) is 61.8 Å². The minimum Gasteiger partial charge on any atom is -0.494 e. The van der Waals surface area contributed by atoms with Gasteiger partial charge in [0.05, 0.1) is 30.0 Å². The largest absolute Gasteiger partial charge is 0.494 e. The van der Waals surface area contributed by atoms with E-state index in [1.54, 1.807) is 0 Å². The lowest BCUT2D eigenvalue weighted by Gasteiger charge is -2.27. The van der Waals surface area contributed by atoms with Gasteiger partial charge in [0.25, 0.3) is 5.91 Å². The zero-order valence-electron chi connectivity index (χ0n) is 20.6. The van der Waals surface area contributed by atoms with Crippen LogP contribution < -0.4 is 9.64 Å². The Balaban J connectivity index is 1.51. The first-order chi connectivity index (χ1) is 17.1. The van der Waals surface area contributed by atoms with Crippen molar-refractivity contribution in [2.75, 3.05) is 50.9 Å². The van der Waals surface area contributed by atoms with Crippen LogP contribution in [0, 0.1) is 6.92 Å². The second kappa shape index (κ2) is 12.7. The van der Waals surface area contributed by atoms with Crippen molar-refractivity contribution in [2.24, 2.45) is 0 Å². The van der Waals surface area contributed by atoms with E-state index >= 15 is 0 Å². The first kappa shape index (κ1) is 25.9. The Hall–Kier alpha value is -2.19. The summed E-state index contributed by atoms with van der Waals surface area (Å²) in [5.41, 5.74) is 2.43. The summed E-state index contributed by atoms with van der Waals surface area (Å²) >= 11 is 7.86. The predicted molar refractivity (Wildman–Crippen MR) is 144 cm³/mol. The van der Waals surface area contributed by atoms with Crippen molar-refractivity contribution in [2.45, 2.75) is 39.5 Å². The summed E-state index contributed by atoms with van der Waals surface area (Å²) in [6.07, 6.45) is 4.22. The van der Waals surface area contributed by atoms with E-state index < -0.39 is 0 Å². The molecule has 1 aliphatic heterocycles. The van der Waals surface area contributed by atoms with Crippen LogP contribution in [0.1, 0.15) is 48.5 Å². The molecule has 0 spiro atoms. The number of nitrogens with zero attached hydrogens (tertiary/aromatic N) is 3. The van der Waals surface area contributed by atoms with E-state index in [-0.39, 0.29) is 5.91 Å². The highest BCUT2D eigenvalue weighted by Gasteiger charge is 2.23. The number of aromatic nitrogens is 1. The van der Waals surface area contributed by atoms with Gasteiger partial charge in [-0.25, -0.2) is 4.98 Å². The van der Waals surface area contributed by atoms with E-state index in [1.807, 2.05) is 48.2 Å².